The Morgan fingerprint density at radius 3 is 2.79 bits per heavy atom. The molecule has 19 heavy (non-hydrogen) atoms. The van der Waals surface area contributed by atoms with Crippen LogP contribution in [0, 0.1) is 5.41 Å². The summed E-state index contributed by atoms with van der Waals surface area (Å²) in [7, 11) is 0. The first-order chi connectivity index (χ1) is 9.02. The summed E-state index contributed by atoms with van der Waals surface area (Å²) in [6.45, 7) is 7.74. The highest BCUT2D eigenvalue weighted by Crippen LogP contribution is 2.35. The van der Waals surface area contributed by atoms with Gasteiger partial charge >= 0.3 is 0 Å². The van der Waals surface area contributed by atoms with E-state index in [1.54, 1.807) is 0 Å². The van der Waals surface area contributed by atoms with E-state index in [-0.39, 0.29) is 18.1 Å². The molecule has 1 aliphatic rings. The standard InChI is InChI=1S/C15H23NO3/c1-15(2,3)13(7-8-17)16-9-11-5-4-6-12-14(11)19-10-18-12/h4-6,13,16-17H,7-10H2,1-3H3. The first kappa shape index (κ1) is 14.2. The second-order valence-electron chi connectivity index (χ2n) is 5.96. The number of benzene rings is 1. The number of nitrogens with one attached hydrogen (secondary N) is 1. The summed E-state index contributed by atoms with van der Waals surface area (Å²) < 4.78 is 10.9. The molecule has 0 amide bonds. The molecule has 0 spiro atoms. The lowest BCUT2D eigenvalue weighted by atomic mass is 9.85. The van der Waals surface area contributed by atoms with Gasteiger partial charge in [0.1, 0.15) is 0 Å². The van der Waals surface area contributed by atoms with Crippen LogP contribution in [0.2, 0.25) is 0 Å². The van der Waals surface area contributed by atoms with Crippen molar-refractivity contribution in [3.8, 4) is 11.5 Å². The highest BCUT2D eigenvalue weighted by atomic mass is 16.7. The van der Waals surface area contributed by atoms with Gasteiger partial charge in [-0.05, 0) is 17.9 Å². The molecular formula is C15H23NO3. The summed E-state index contributed by atoms with van der Waals surface area (Å²) in [5.41, 5.74) is 1.21. The van der Waals surface area contributed by atoms with Crippen LogP contribution in [0.5, 0.6) is 11.5 Å². The maximum absolute atomic E-state index is 9.17. The fraction of sp³-hybridized carbons (Fsp3) is 0.600. The fourth-order valence-electron chi connectivity index (χ4n) is 2.33. The van der Waals surface area contributed by atoms with Crippen molar-refractivity contribution in [2.75, 3.05) is 13.4 Å². The molecule has 0 fully saturated rings. The Hall–Kier alpha value is -1.26. The summed E-state index contributed by atoms with van der Waals surface area (Å²) in [4.78, 5) is 0. The Morgan fingerprint density at radius 2 is 2.11 bits per heavy atom. The lowest BCUT2D eigenvalue weighted by molar-refractivity contribution is 0.172. The van der Waals surface area contributed by atoms with Crippen molar-refractivity contribution in [2.45, 2.75) is 39.8 Å². The summed E-state index contributed by atoms with van der Waals surface area (Å²) in [5.74, 6) is 1.65. The minimum Gasteiger partial charge on any atom is -0.454 e. The van der Waals surface area contributed by atoms with Crippen molar-refractivity contribution >= 4 is 0 Å². The third-order valence-electron chi connectivity index (χ3n) is 3.48. The van der Waals surface area contributed by atoms with Gasteiger partial charge in [-0.3, -0.25) is 0 Å². The largest absolute Gasteiger partial charge is 0.454 e. The quantitative estimate of drug-likeness (QED) is 0.857. The minimum atomic E-state index is 0.109. The molecule has 1 aromatic carbocycles. The third-order valence-corrected chi connectivity index (χ3v) is 3.48. The van der Waals surface area contributed by atoms with Crippen LogP contribution in [-0.4, -0.2) is 24.5 Å². The van der Waals surface area contributed by atoms with E-state index in [9.17, 15) is 0 Å². The van der Waals surface area contributed by atoms with Gasteiger partial charge in [-0.15, -0.1) is 0 Å². The number of fused-ring (bicyclic) bond motifs is 1. The summed E-state index contributed by atoms with van der Waals surface area (Å²) in [6.07, 6.45) is 0.746. The average molecular weight is 265 g/mol. The van der Waals surface area contributed by atoms with Gasteiger partial charge in [0.15, 0.2) is 11.5 Å². The number of rotatable bonds is 5. The normalized spacial score (nSPS) is 15.6. The van der Waals surface area contributed by atoms with E-state index in [2.05, 4.69) is 26.1 Å². The molecule has 1 aromatic rings. The Bertz CT molecular complexity index is 426. The summed E-state index contributed by atoms with van der Waals surface area (Å²) >= 11 is 0. The molecule has 0 aliphatic carbocycles. The van der Waals surface area contributed by atoms with Crippen LogP contribution in [0.25, 0.3) is 0 Å². The molecule has 106 valence electrons. The average Bonchev–Trinajstić information content (AvgIpc) is 2.81. The Morgan fingerprint density at radius 1 is 1.32 bits per heavy atom. The van der Waals surface area contributed by atoms with E-state index in [1.165, 1.54) is 0 Å². The van der Waals surface area contributed by atoms with Crippen LogP contribution in [0.4, 0.5) is 0 Å². The lowest BCUT2D eigenvalue weighted by Gasteiger charge is -2.31. The smallest absolute Gasteiger partial charge is 0.231 e. The van der Waals surface area contributed by atoms with Crippen molar-refractivity contribution in [3.05, 3.63) is 23.8 Å². The van der Waals surface area contributed by atoms with Crippen LogP contribution in [0.1, 0.15) is 32.8 Å². The van der Waals surface area contributed by atoms with Crippen LogP contribution < -0.4 is 14.8 Å². The number of aliphatic hydroxyl groups excluding tert-OH is 1. The van der Waals surface area contributed by atoms with Gasteiger partial charge in [0.25, 0.3) is 0 Å². The first-order valence-corrected chi connectivity index (χ1v) is 6.74. The van der Waals surface area contributed by atoms with E-state index >= 15 is 0 Å². The predicted molar refractivity (Wildman–Crippen MR) is 74.4 cm³/mol. The zero-order chi connectivity index (χ0) is 13.9. The van der Waals surface area contributed by atoms with Gasteiger partial charge in [0, 0.05) is 24.8 Å². The van der Waals surface area contributed by atoms with Gasteiger partial charge < -0.3 is 19.9 Å². The van der Waals surface area contributed by atoms with Gasteiger partial charge in [-0.1, -0.05) is 32.9 Å². The Labute approximate surface area is 114 Å². The van der Waals surface area contributed by atoms with E-state index in [1.807, 2.05) is 18.2 Å². The van der Waals surface area contributed by atoms with E-state index in [0.29, 0.717) is 13.3 Å². The molecule has 1 heterocycles. The van der Waals surface area contributed by atoms with Crippen molar-refractivity contribution in [1.82, 2.24) is 5.32 Å². The predicted octanol–water partition coefficient (Wildman–Crippen LogP) is 2.30. The molecule has 2 rings (SSSR count). The highest BCUT2D eigenvalue weighted by molar-refractivity contribution is 5.48. The molecule has 1 aliphatic heterocycles. The number of para-hydroxylation sites is 1. The monoisotopic (exact) mass is 265 g/mol. The van der Waals surface area contributed by atoms with E-state index in [4.69, 9.17) is 14.6 Å². The van der Waals surface area contributed by atoms with Gasteiger partial charge in [0.2, 0.25) is 6.79 Å². The molecule has 1 unspecified atom stereocenters. The zero-order valence-corrected chi connectivity index (χ0v) is 11.9. The maximum atomic E-state index is 9.17. The number of hydrogen-bond acceptors (Lipinski definition) is 4. The Balaban J connectivity index is 2.03. The highest BCUT2D eigenvalue weighted by Gasteiger charge is 2.24. The lowest BCUT2D eigenvalue weighted by Crippen LogP contribution is -2.40. The number of aliphatic hydroxyl groups is 1. The third kappa shape index (κ3) is 3.39. The Kier molecular flexibility index (Phi) is 4.32. The van der Waals surface area contributed by atoms with E-state index in [0.717, 1.165) is 23.5 Å². The fourth-order valence-corrected chi connectivity index (χ4v) is 2.33. The van der Waals surface area contributed by atoms with Crippen molar-refractivity contribution in [1.29, 1.82) is 0 Å². The van der Waals surface area contributed by atoms with Crippen molar-refractivity contribution in [3.63, 3.8) is 0 Å². The molecular weight excluding hydrogens is 242 g/mol. The number of ether oxygens (including phenoxy) is 2. The molecule has 2 N–H and O–H groups in total. The van der Waals surface area contributed by atoms with Crippen LogP contribution >= 0.6 is 0 Å². The minimum absolute atomic E-state index is 0.109. The van der Waals surface area contributed by atoms with E-state index < -0.39 is 0 Å². The SMILES string of the molecule is CC(C)(C)C(CCO)NCc1cccc2c1OCO2. The molecule has 0 saturated carbocycles. The van der Waals surface area contributed by atoms with Crippen LogP contribution in [0.15, 0.2) is 18.2 Å². The molecule has 4 nitrogen and oxygen atoms in total. The van der Waals surface area contributed by atoms with Gasteiger partial charge in [0.05, 0.1) is 0 Å². The molecule has 0 saturated heterocycles. The molecule has 4 heteroatoms. The second kappa shape index (κ2) is 5.80. The van der Waals surface area contributed by atoms with Gasteiger partial charge in [-0.2, -0.15) is 0 Å². The van der Waals surface area contributed by atoms with Crippen molar-refractivity contribution < 1.29 is 14.6 Å². The zero-order valence-electron chi connectivity index (χ0n) is 11.9. The van der Waals surface area contributed by atoms with Crippen molar-refractivity contribution in [2.24, 2.45) is 5.41 Å². The molecule has 0 radical (unpaired) electrons. The maximum Gasteiger partial charge on any atom is 0.231 e. The molecule has 1 atom stereocenters. The number of hydrogen-bond donors (Lipinski definition) is 2. The van der Waals surface area contributed by atoms with Crippen LogP contribution in [-0.2, 0) is 6.54 Å². The first-order valence-electron chi connectivity index (χ1n) is 6.74. The van der Waals surface area contributed by atoms with Gasteiger partial charge in [-0.25, -0.2) is 0 Å². The summed E-state index contributed by atoms with van der Waals surface area (Å²) in [6, 6.07) is 6.19. The molecule has 0 aromatic heterocycles. The molecule has 0 bridgehead atoms. The summed E-state index contributed by atoms with van der Waals surface area (Å²) in [5, 5.41) is 12.7. The van der Waals surface area contributed by atoms with Crippen LogP contribution in [0.3, 0.4) is 0 Å². The topological polar surface area (TPSA) is 50.7 Å². The second-order valence-corrected chi connectivity index (χ2v) is 5.96.